The molecule has 0 amide bonds. The molecule has 1 unspecified atom stereocenters. The maximum absolute atomic E-state index is 4.71. The number of hydrogen-bond donors (Lipinski definition) is 1. The van der Waals surface area contributed by atoms with Crippen LogP contribution < -0.4 is 5.32 Å². The highest BCUT2D eigenvalue weighted by Gasteiger charge is 2.15. The summed E-state index contributed by atoms with van der Waals surface area (Å²) in [4.78, 5) is 4.71. The zero-order valence-corrected chi connectivity index (χ0v) is 10.7. The van der Waals surface area contributed by atoms with Crippen LogP contribution in [0.5, 0.6) is 0 Å². The molecule has 1 aliphatic heterocycles. The van der Waals surface area contributed by atoms with Gasteiger partial charge in [-0.15, -0.1) is 11.8 Å². The second-order valence-electron chi connectivity index (χ2n) is 4.30. The van der Waals surface area contributed by atoms with Crippen molar-refractivity contribution >= 4 is 28.4 Å². The summed E-state index contributed by atoms with van der Waals surface area (Å²) >= 11 is 1.80. The zero-order valence-electron chi connectivity index (χ0n) is 9.90. The average Bonchev–Trinajstić information content (AvgIpc) is 2.76. The Labute approximate surface area is 105 Å². The molecule has 2 heterocycles. The third-order valence-corrected chi connectivity index (χ3v) is 3.85. The highest BCUT2D eigenvalue weighted by molar-refractivity contribution is 8.03. The Kier molecular flexibility index (Phi) is 2.56. The van der Waals surface area contributed by atoms with Crippen LogP contribution in [-0.2, 0) is 0 Å². The fraction of sp³-hybridized carbons (Fsp3) is 0.214. The van der Waals surface area contributed by atoms with Crippen LogP contribution in [-0.4, -0.2) is 10.4 Å². The molecule has 0 bridgehead atoms. The van der Waals surface area contributed by atoms with Gasteiger partial charge in [0.1, 0.15) is 0 Å². The summed E-state index contributed by atoms with van der Waals surface area (Å²) in [7, 11) is 0. The number of aromatic nitrogens is 1. The molecule has 1 atom stereocenters. The van der Waals surface area contributed by atoms with Gasteiger partial charge in [-0.2, -0.15) is 0 Å². The molecule has 1 aromatic carbocycles. The highest BCUT2D eigenvalue weighted by Crippen LogP contribution is 2.28. The molecule has 0 fully saturated rings. The van der Waals surface area contributed by atoms with Gasteiger partial charge in [-0.25, -0.2) is 4.98 Å². The number of thioether (sulfide) groups is 1. The average molecular weight is 242 g/mol. The summed E-state index contributed by atoms with van der Waals surface area (Å²) < 4.78 is 0. The van der Waals surface area contributed by atoms with E-state index in [2.05, 4.69) is 48.8 Å². The lowest BCUT2D eigenvalue weighted by atomic mass is 10.1. The zero-order chi connectivity index (χ0) is 11.8. The normalized spacial score (nSPS) is 19.2. The lowest BCUT2D eigenvalue weighted by Gasteiger charge is -2.09. The Bertz CT molecular complexity index is 604. The van der Waals surface area contributed by atoms with Gasteiger partial charge in [0.15, 0.2) is 0 Å². The minimum Gasteiger partial charge on any atom is -0.371 e. The summed E-state index contributed by atoms with van der Waals surface area (Å²) in [5.41, 5.74) is 4.52. The fourth-order valence-electron chi connectivity index (χ4n) is 2.08. The largest absolute Gasteiger partial charge is 0.371 e. The lowest BCUT2D eigenvalue weighted by molar-refractivity contribution is 0.886. The molecule has 3 rings (SSSR count). The molecule has 0 saturated heterocycles. The monoisotopic (exact) mass is 242 g/mol. The van der Waals surface area contributed by atoms with Crippen LogP contribution in [0.3, 0.4) is 0 Å². The number of hydrogen-bond acceptors (Lipinski definition) is 3. The van der Waals surface area contributed by atoms with Crippen LogP contribution in [0.1, 0.15) is 18.2 Å². The molecular formula is C14H14N2S. The van der Waals surface area contributed by atoms with Gasteiger partial charge < -0.3 is 5.32 Å². The fourth-order valence-corrected chi connectivity index (χ4v) is 2.80. The van der Waals surface area contributed by atoms with Crippen molar-refractivity contribution in [2.24, 2.45) is 0 Å². The Hall–Kier alpha value is -1.48. The van der Waals surface area contributed by atoms with Crippen molar-refractivity contribution in [3.8, 4) is 0 Å². The predicted molar refractivity (Wildman–Crippen MR) is 74.6 cm³/mol. The second-order valence-corrected chi connectivity index (χ2v) is 5.51. The number of aryl methyl sites for hydroxylation is 1. The predicted octanol–water partition coefficient (Wildman–Crippen LogP) is 3.52. The third kappa shape index (κ3) is 1.91. The van der Waals surface area contributed by atoms with Gasteiger partial charge in [-0.3, -0.25) is 0 Å². The molecule has 1 aromatic heterocycles. The van der Waals surface area contributed by atoms with Crippen molar-refractivity contribution < 1.29 is 0 Å². The van der Waals surface area contributed by atoms with Crippen LogP contribution >= 0.6 is 11.8 Å². The second kappa shape index (κ2) is 4.08. The maximum atomic E-state index is 4.71. The maximum Gasteiger partial charge on any atom is 0.0877 e. The first-order valence-electron chi connectivity index (χ1n) is 5.73. The van der Waals surface area contributed by atoms with Crippen molar-refractivity contribution in [3.63, 3.8) is 0 Å². The van der Waals surface area contributed by atoms with E-state index in [-0.39, 0.29) is 0 Å². The van der Waals surface area contributed by atoms with E-state index < -0.39 is 0 Å². The van der Waals surface area contributed by atoms with Crippen LogP contribution in [0.4, 0.5) is 0 Å². The van der Waals surface area contributed by atoms with Crippen LogP contribution in [0.25, 0.3) is 16.6 Å². The number of nitrogens with zero attached hydrogens (tertiary/aromatic N) is 1. The first-order chi connectivity index (χ1) is 8.24. The minimum absolute atomic E-state index is 0.443. The molecule has 1 aliphatic rings. The van der Waals surface area contributed by atoms with E-state index in [1.807, 2.05) is 6.07 Å². The van der Waals surface area contributed by atoms with Gasteiger partial charge in [0.05, 0.1) is 22.3 Å². The summed E-state index contributed by atoms with van der Waals surface area (Å²) in [6.45, 7) is 4.29. The van der Waals surface area contributed by atoms with Gasteiger partial charge in [0.2, 0.25) is 0 Å². The van der Waals surface area contributed by atoms with E-state index in [0.717, 1.165) is 16.9 Å². The summed E-state index contributed by atoms with van der Waals surface area (Å²) in [6, 6.07) is 10.4. The van der Waals surface area contributed by atoms with Crippen molar-refractivity contribution in [2.75, 3.05) is 0 Å². The van der Waals surface area contributed by atoms with E-state index in [1.165, 1.54) is 10.9 Å². The number of pyridine rings is 1. The SMILES string of the molecule is Cc1cc(C2=CSC(C)N2)nc2ccccc12. The topological polar surface area (TPSA) is 24.9 Å². The number of benzene rings is 1. The van der Waals surface area contributed by atoms with E-state index >= 15 is 0 Å². The van der Waals surface area contributed by atoms with Gasteiger partial charge in [-0.05, 0) is 37.0 Å². The Morgan fingerprint density at radius 1 is 1.29 bits per heavy atom. The number of para-hydroxylation sites is 1. The van der Waals surface area contributed by atoms with Crippen molar-refractivity contribution in [1.29, 1.82) is 0 Å². The molecule has 0 aliphatic carbocycles. The van der Waals surface area contributed by atoms with E-state index in [1.54, 1.807) is 11.8 Å². The van der Waals surface area contributed by atoms with E-state index in [9.17, 15) is 0 Å². The number of nitrogens with one attached hydrogen (secondary N) is 1. The summed E-state index contributed by atoms with van der Waals surface area (Å²) in [5.74, 6) is 0. The van der Waals surface area contributed by atoms with Gasteiger partial charge >= 0.3 is 0 Å². The smallest absolute Gasteiger partial charge is 0.0877 e. The third-order valence-electron chi connectivity index (χ3n) is 2.95. The summed E-state index contributed by atoms with van der Waals surface area (Å²) in [5, 5.41) is 7.25. The molecule has 3 heteroatoms. The van der Waals surface area contributed by atoms with Crippen molar-refractivity contribution in [2.45, 2.75) is 19.2 Å². The Balaban J connectivity index is 2.13. The molecule has 0 radical (unpaired) electrons. The Morgan fingerprint density at radius 3 is 2.88 bits per heavy atom. The van der Waals surface area contributed by atoms with Crippen molar-refractivity contribution in [3.05, 3.63) is 47.0 Å². The Morgan fingerprint density at radius 2 is 2.12 bits per heavy atom. The standard InChI is InChI=1S/C14H14N2S/c1-9-7-13(14-8-17-10(2)15-14)16-12-6-4-3-5-11(9)12/h3-8,10,15H,1-2H3. The van der Waals surface area contributed by atoms with E-state index in [0.29, 0.717) is 5.37 Å². The molecule has 2 nitrogen and oxygen atoms in total. The lowest BCUT2D eigenvalue weighted by Crippen LogP contribution is -2.16. The van der Waals surface area contributed by atoms with E-state index in [4.69, 9.17) is 4.98 Å². The van der Waals surface area contributed by atoms with Gasteiger partial charge in [0, 0.05) is 5.39 Å². The molecular weight excluding hydrogens is 228 g/mol. The van der Waals surface area contributed by atoms with Crippen LogP contribution in [0.15, 0.2) is 35.7 Å². The van der Waals surface area contributed by atoms with Gasteiger partial charge in [0.25, 0.3) is 0 Å². The van der Waals surface area contributed by atoms with Crippen molar-refractivity contribution in [1.82, 2.24) is 10.3 Å². The first kappa shape index (κ1) is 10.7. The van der Waals surface area contributed by atoms with Crippen LogP contribution in [0.2, 0.25) is 0 Å². The molecule has 0 spiro atoms. The molecule has 86 valence electrons. The number of rotatable bonds is 1. The molecule has 1 N–H and O–H groups in total. The molecule has 2 aromatic rings. The number of fused-ring (bicyclic) bond motifs is 1. The quantitative estimate of drug-likeness (QED) is 0.828. The van der Waals surface area contributed by atoms with Gasteiger partial charge in [-0.1, -0.05) is 18.2 Å². The molecule has 17 heavy (non-hydrogen) atoms. The first-order valence-corrected chi connectivity index (χ1v) is 6.67. The molecule has 0 saturated carbocycles. The minimum atomic E-state index is 0.443. The highest BCUT2D eigenvalue weighted by atomic mass is 32.2. The van der Waals surface area contributed by atoms with Crippen LogP contribution in [0, 0.1) is 6.92 Å². The summed E-state index contributed by atoms with van der Waals surface area (Å²) in [6.07, 6.45) is 0.